The normalized spacial score (nSPS) is 26.0. The molecule has 0 N–H and O–H groups in total. The number of benzene rings is 2. The van der Waals surface area contributed by atoms with Crippen molar-refractivity contribution in [1.82, 2.24) is 4.90 Å². The van der Waals surface area contributed by atoms with Gasteiger partial charge in [-0.05, 0) is 30.3 Å². The minimum atomic E-state index is -1.36. The van der Waals surface area contributed by atoms with Crippen LogP contribution in [0.15, 0.2) is 48.5 Å². The van der Waals surface area contributed by atoms with E-state index in [0.717, 1.165) is 43.2 Å². The van der Waals surface area contributed by atoms with Gasteiger partial charge in [0.25, 0.3) is 11.7 Å². The van der Waals surface area contributed by atoms with E-state index >= 15 is 0 Å². The zero-order valence-electron chi connectivity index (χ0n) is 17.5. The van der Waals surface area contributed by atoms with Gasteiger partial charge in [0, 0.05) is 37.4 Å². The Bertz CT molecular complexity index is 948. The molecule has 164 valence electrons. The average Bonchev–Trinajstić information content (AvgIpc) is 3.36. The SMILES string of the molecule is COc1ccc(N2CCN(CN3C(=O)[C@]4(OC[C@@H](CCl)O4)c4ccccc43)CC2)cc1. The molecule has 2 atom stereocenters. The van der Waals surface area contributed by atoms with Crippen LogP contribution in [0.25, 0.3) is 0 Å². The molecule has 3 aliphatic rings. The van der Waals surface area contributed by atoms with Gasteiger partial charge in [0.1, 0.15) is 5.75 Å². The largest absolute Gasteiger partial charge is 0.497 e. The summed E-state index contributed by atoms with van der Waals surface area (Å²) in [5, 5.41) is 0. The second-order valence-electron chi connectivity index (χ2n) is 8.02. The van der Waals surface area contributed by atoms with Crippen LogP contribution in [-0.4, -0.2) is 69.4 Å². The molecule has 8 heteroatoms. The van der Waals surface area contributed by atoms with E-state index in [4.69, 9.17) is 25.8 Å². The predicted octanol–water partition coefficient (Wildman–Crippen LogP) is 2.63. The third kappa shape index (κ3) is 3.55. The molecule has 0 unspecified atom stereocenters. The second kappa shape index (κ2) is 8.31. The van der Waals surface area contributed by atoms with Crippen LogP contribution >= 0.6 is 11.6 Å². The monoisotopic (exact) mass is 443 g/mol. The van der Waals surface area contributed by atoms with Gasteiger partial charge in [-0.1, -0.05) is 18.2 Å². The lowest BCUT2D eigenvalue weighted by atomic mass is 10.1. The van der Waals surface area contributed by atoms with Crippen LogP contribution in [0.5, 0.6) is 5.75 Å². The summed E-state index contributed by atoms with van der Waals surface area (Å²) in [6.07, 6.45) is -0.285. The van der Waals surface area contributed by atoms with Gasteiger partial charge in [-0.25, -0.2) is 0 Å². The highest BCUT2D eigenvalue weighted by Gasteiger charge is 2.58. The van der Waals surface area contributed by atoms with Gasteiger partial charge in [0.05, 0.1) is 38.1 Å². The van der Waals surface area contributed by atoms with E-state index in [0.29, 0.717) is 19.2 Å². The first-order valence-corrected chi connectivity index (χ1v) is 11.1. The number of carbonyl (C=O) groups is 1. The fraction of sp³-hybridized carbons (Fsp3) is 0.435. The maximum Gasteiger partial charge on any atom is 0.293 e. The third-order valence-corrected chi connectivity index (χ3v) is 6.55. The minimum Gasteiger partial charge on any atom is -0.497 e. The van der Waals surface area contributed by atoms with E-state index in [-0.39, 0.29) is 12.0 Å². The van der Waals surface area contributed by atoms with E-state index in [9.17, 15) is 4.79 Å². The average molecular weight is 444 g/mol. The first-order chi connectivity index (χ1) is 15.1. The highest BCUT2D eigenvalue weighted by molar-refractivity contribution is 6.18. The van der Waals surface area contributed by atoms with E-state index in [2.05, 4.69) is 21.9 Å². The van der Waals surface area contributed by atoms with Crippen molar-refractivity contribution in [3.63, 3.8) is 0 Å². The van der Waals surface area contributed by atoms with Crippen LogP contribution in [0.2, 0.25) is 0 Å². The number of nitrogens with zero attached hydrogens (tertiary/aromatic N) is 3. The maximum atomic E-state index is 13.5. The Morgan fingerprint density at radius 2 is 1.84 bits per heavy atom. The number of hydrogen-bond donors (Lipinski definition) is 0. The van der Waals surface area contributed by atoms with Crippen LogP contribution in [-0.2, 0) is 20.1 Å². The highest BCUT2D eigenvalue weighted by Crippen LogP contribution is 2.47. The summed E-state index contributed by atoms with van der Waals surface area (Å²) >= 11 is 5.97. The molecule has 3 heterocycles. The topological polar surface area (TPSA) is 54.5 Å². The summed E-state index contributed by atoms with van der Waals surface area (Å²) in [6, 6.07) is 15.8. The molecular formula is C23H26ClN3O4. The fourth-order valence-electron chi connectivity index (χ4n) is 4.51. The summed E-state index contributed by atoms with van der Waals surface area (Å²) in [5.74, 6) is -0.375. The lowest BCUT2D eigenvalue weighted by Gasteiger charge is -2.38. The number of alkyl halides is 1. The Morgan fingerprint density at radius 3 is 2.52 bits per heavy atom. The van der Waals surface area contributed by atoms with Crippen LogP contribution < -0.4 is 14.5 Å². The summed E-state index contributed by atoms with van der Waals surface area (Å²) in [7, 11) is 1.67. The second-order valence-corrected chi connectivity index (χ2v) is 8.33. The first kappa shape index (κ1) is 20.6. The molecule has 0 radical (unpaired) electrons. The van der Waals surface area contributed by atoms with Crippen molar-refractivity contribution < 1.29 is 19.0 Å². The number of rotatable bonds is 5. The number of methoxy groups -OCH3 is 1. The van der Waals surface area contributed by atoms with E-state index in [1.165, 1.54) is 5.69 Å². The van der Waals surface area contributed by atoms with Crippen LogP contribution in [0.4, 0.5) is 11.4 Å². The highest BCUT2D eigenvalue weighted by atomic mass is 35.5. The van der Waals surface area contributed by atoms with Gasteiger partial charge in [-0.3, -0.25) is 14.6 Å². The zero-order chi connectivity index (χ0) is 21.4. The Balaban J connectivity index is 1.28. The maximum absolute atomic E-state index is 13.5. The molecule has 0 aliphatic carbocycles. The van der Waals surface area contributed by atoms with Crippen molar-refractivity contribution >= 4 is 28.9 Å². The molecular weight excluding hydrogens is 418 g/mol. The number of anilines is 2. The first-order valence-electron chi connectivity index (χ1n) is 10.5. The predicted molar refractivity (Wildman–Crippen MR) is 119 cm³/mol. The van der Waals surface area contributed by atoms with Crippen molar-refractivity contribution in [2.75, 3.05) is 62.2 Å². The molecule has 1 spiro atoms. The Hall–Kier alpha value is -2.32. The molecule has 3 aliphatic heterocycles. The number of carbonyl (C=O) groups excluding carboxylic acids is 1. The summed E-state index contributed by atoms with van der Waals surface area (Å²) in [6.45, 7) is 4.32. The molecule has 5 rings (SSSR count). The van der Waals surface area contributed by atoms with E-state index in [1.807, 2.05) is 36.4 Å². The van der Waals surface area contributed by atoms with Gasteiger partial charge in [-0.15, -0.1) is 11.6 Å². The van der Waals surface area contributed by atoms with Gasteiger partial charge < -0.3 is 19.1 Å². The minimum absolute atomic E-state index is 0.168. The number of piperazine rings is 1. The van der Waals surface area contributed by atoms with Crippen molar-refractivity contribution in [3.05, 3.63) is 54.1 Å². The molecule has 31 heavy (non-hydrogen) atoms. The number of hydrogen-bond acceptors (Lipinski definition) is 6. The zero-order valence-corrected chi connectivity index (χ0v) is 18.3. The quantitative estimate of drug-likeness (QED) is 0.662. The van der Waals surface area contributed by atoms with Crippen molar-refractivity contribution in [3.8, 4) is 5.75 Å². The lowest BCUT2D eigenvalue weighted by Crippen LogP contribution is -2.52. The van der Waals surface area contributed by atoms with Gasteiger partial charge in [0.2, 0.25) is 0 Å². The van der Waals surface area contributed by atoms with Crippen molar-refractivity contribution in [2.24, 2.45) is 0 Å². The number of halogens is 1. The Kier molecular flexibility index (Phi) is 5.52. The molecule has 2 aromatic rings. The molecule has 2 aromatic carbocycles. The van der Waals surface area contributed by atoms with Gasteiger partial charge >= 0.3 is 0 Å². The third-order valence-electron chi connectivity index (χ3n) is 6.20. The number of para-hydroxylation sites is 1. The van der Waals surface area contributed by atoms with E-state index < -0.39 is 5.79 Å². The Morgan fingerprint density at radius 1 is 1.10 bits per heavy atom. The molecule has 2 saturated heterocycles. The lowest BCUT2D eigenvalue weighted by molar-refractivity contribution is -0.185. The van der Waals surface area contributed by atoms with Crippen molar-refractivity contribution in [1.29, 1.82) is 0 Å². The van der Waals surface area contributed by atoms with Crippen LogP contribution in [0.3, 0.4) is 0 Å². The Labute approximate surface area is 187 Å². The standard InChI is InChI=1S/C23H26ClN3O4/c1-29-18-8-6-17(7-9-18)26-12-10-25(11-13-26)16-27-21-5-3-2-4-20(21)23(22(27)28)30-15-19(14-24)31-23/h2-9,19H,10-16H2,1H3/t19-,23+/m1/s1. The molecule has 7 nitrogen and oxygen atoms in total. The fourth-order valence-corrected chi connectivity index (χ4v) is 4.67. The van der Waals surface area contributed by atoms with Crippen LogP contribution in [0, 0.1) is 0 Å². The molecule has 2 fully saturated rings. The smallest absolute Gasteiger partial charge is 0.293 e. The summed E-state index contributed by atoms with van der Waals surface area (Å²) in [4.78, 5) is 19.9. The number of ether oxygens (including phenoxy) is 3. The molecule has 0 aromatic heterocycles. The van der Waals surface area contributed by atoms with Gasteiger partial charge in [0.15, 0.2) is 0 Å². The molecule has 0 bridgehead atoms. The summed E-state index contributed by atoms with van der Waals surface area (Å²) < 4.78 is 17.2. The number of amides is 1. The van der Waals surface area contributed by atoms with Crippen LogP contribution in [0.1, 0.15) is 5.56 Å². The molecule has 1 amide bonds. The number of fused-ring (bicyclic) bond motifs is 2. The molecule has 0 saturated carbocycles. The van der Waals surface area contributed by atoms with E-state index in [1.54, 1.807) is 12.0 Å². The summed E-state index contributed by atoms with van der Waals surface area (Å²) in [5.41, 5.74) is 2.80. The van der Waals surface area contributed by atoms with Gasteiger partial charge in [-0.2, -0.15) is 0 Å². The van der Waals surface area contributed by atoms with Crippen molar-refractivity contribution in [2.45, 2.75) is 11.9 Å².